The molecule has 2 amide bonds. The van der Waals surface area contributed by atoms with Crippen molar-refractivity contribution in [3.63, 3.8) is 0 Å². The first-order chi connectivity index (χ1) is 16.4. The Bertz CT molecular complexity index is 1120. The van der Waals surface area contributed by atoms with E-state index in [4.69, 9.17) is 22.1 Å². The maximum absolute atomic E-state index is 16.1. The molecule has 2 saturated heterocycles. The van der Waals surface area contributed by atoms with Gasteiger partial charge in [0.2, 0.25) is 5.91 Å². The van der Waals surface area contributed by atoms with Crippen molar-refractivity contribution < 1.29 is 23.5 Å². The number of amides is 2. The van der Waals surface area contributed by atoms with Crippen LogP contribution >= 0.6 is 22.9 Å². The van der Waals surface area contributed by atoms with Crippen LogP contribution < -0.4 is 5.73 Å². The number of ether oxygens (including phenoxy) is 1. The number of thiophene rings is 1. The number of nitrogens with two attached hydrogens (primary N) is 1. The zero-order valence-corrected chi connectivity index (χ0v) is 19.9. The molecule has 8 nitrogen and oxygen atoms in total. The Hall–Kier alpha value is -2.43. The van der Waals surface area contributed by atoms with Crippen LogP contribution in [0.25, 0.3) is 10.6 Å². The first-order valence-corrected chi connectivity index (χ1v) is 12.6. The van der Waals surface area contributed by atoms with Gasteiger partial charge in [0.1, 0.15) is 30.3 Å². The minimum atomic E-state index is -0.958. The van der Waals surface area contributed by atoms with Crippen LogP contribution in [0.3, 0.4) is 0 Å². The van der Waals surface area contributed by atoms with E-state index in [-0.39, 0.29) is 45.9 Å². The normalized spacial score (nSPS) is 26.0. The SMILES string of the molecule is NC(=O)c1sc(-c2cccnn2)c(F)c1[C@@H](C(=O)N1C[C@H](Cl)[C@H]2OCC(=O)[C@H]21)C1CCCCC1. The van der Waals surface area contributed by atoms with Gasteiger partial charge in [0.05, 0.1) is 21.0 Å². The zero-order chi connectivity index (χ0) is 24.0. The largest absolute Gasteiger partial charge is 0.366 e. The van der Waals surface area contributed by atoms with Crippen molar-refractivity contribution in [2.45, 2.75) is 55.5 Å². The topological polar surface area (TPSA) is 115 Å². The Balaban J connectivity index is 1.62. The Morgan fingerprint density at radius 2 is 2.06 bits per heavy atom. The second-order valence-electron chi connectivity index (χ2n) is 9.03. The fourth-order valence-electron chi connectivity index (χ4n) is 5.50. The molecule has 0 bridgehead atoms. The number of alkyl halides is 1. The molecule has 34 heavy (non-hydrogen) atoms. The fraction of sp³-hybridized carbons (Fsp3) is 0.522. The number of fused-ring (bicyclic) bond motifs is 1. The van der Waals surface area contributed by atoms with E-state index in [2.05, 4.69) is 10.2 Å². The number of primary amides is 1. The number of carbonyl (C=O) groups is 3. The van der Waals surface area contributed by atoms with Crippen molar-refractivity contribution in [1.82, 2.24) is 15.1 Å². The van der Waals surface area contributed by atoms with Crippen molar-refractivity contribution >= 4 is 40.5 Å². The Morgan fingerprint density at radius 1 is 1.29 bits per heavy atom. The van der Waals surface area contributed by atoms with Crippen LogP contribution in [-0.2, 0) is 14.3 Å². The molecule has 0 unspecified atom stereocenters. The molecule has 4 heterocycles. The van der Waals surface area contributed by atoms with Gasteiger partial charge >= 0.3 is 0 Å². The number of hydrogen-bond donors (Lipinski definition) is 1. The van der Waals surface area contributed by atoms with Crippen LogP contribution in [0.5, 0.6) is 0 Å². The number of likely N-dealkylation sites (tertiary alicyclic amines) is 1. The molecule has 1 saturated carbocycles. The molecule has 2 aromatic rings. The Labute approximate surface area is 204 Å². The summed E-state index contributed by atoms with van der Waals surface area (Å²) in [6.07, 6.45) is 5.13. The van der Waals surface area contributed by atoms with Crippen LogP contribution in [0.1, 0.15) is 53.3 Å². The molecule has 2 aromatic heterocycles. The van der Waals surface area contributed by atoms with Gasteiger partial charge in [0.25, 0.3) is 5.91 Å². The average molecular weight is 507 g/mol. The van der Waals surface area contributed by atoms with Gasteiger partial charge in [-0.25, -0.2) is 4.39 Å². The van der Waals surface area contributed by atoms with E-state index in [0.29, 0.717) is 12.8 Å². The number of hydrogen-bond acceptors (Lipinski definition) is 7. The van der Waals surface area contributed by atoms with Crippen molar-refractivity contribution in [3.05, 3.63) is 34.6 Å². The molecule has 0 radical (unpaired) electrons. The summed E-state index contributed by atoms with van der Waals surface area (Å²) in [6, 6.07) is 2.41. The van der Waals surface area contributed by atoms with E-state index in [1.54, 1.807) is 12.1 Å². The highest BCUT2D eigenvalue weighted by Crippen LogP contribution is 2.46. The predicted octanol–water partition coefficient (Wildman–Crippen LogP) is 2.89. The fourth-order valence-corrected chi connectivity index (χ4v) is 6.91. The van der Waals surface area contributed by atoms with Crippen LogP contribution in [0.2, 0.25) is 0 Å². The summed E-state index contributed by atoms with van der Waals surface area (Å²) in [6.45, 7) is 0.0198. The number of Topliss-reactive ketones (excluding diaryl/α,β-unsaturated/α-hetero) is 1. The number of rotatable bonds is 5. The average Bonchev–Trinajstić information content (AvgIpc) is 3.50. The third-order valence-corrected chi connectivity index (χ3v) is 8.62. The van der Waals surface area contributed by atoms with E-state index in [9.17, 15) is 14.4 Å². The van der Waals surface area contributed by atoms with Crippen molar-refractivity contribution in [3.8, 4) is 10.6 Å². The number of halogens is 2. The lowest BCUT2D eigenvalue weighted by atomic mass is 9.75. The van der Waals surface area contributed by atoms with Gasteiger partial charge in [-0.05, 0) is 30.9 Å². The van der Waals surface area contributed by atoms with E-state index in [1.165, 1.54) is 11.1 Å². The first kappa shape index (κ1) is 23.3. The molecule has 2 N–H and O–H groups in total. The van der Waals surface area contributed by atoms with Gasteiger partial charge in [-0.15, -0.1) is 28.0 Å². The van der Waals surface area contributed by atoms with Gasteiger partial charge in [0.15, 0.2) is 5.78 Å². The number of carbonyl (C=O) groups excluding carboxylic acids is 3. The summed E-state index contributed by atoms with van der Waals surface area (Å²) in [7, 11) is 0. The minimum Gasteiger partial charge on any atom is -0.366 e. The lowest BCUT2D eigenvalue weighted by Crippen LogP contribution is -2.46. The second kappa shape index (κ2) is 9.31. The van der Waals surface area contributed by atoms with Crippen LogP contribution in [0.15, 0.2) is 18.3 Å². The molecule has 5 rings (SSSR count). The van der Waals surface area contributed by atoms with Crippen LogP contribution in [0.4, 0.5) is 4.39 Å². The van der Waals surface area contributed by atoms with E-state index in [1.807, 2.05) is 0 Å². The molecule has 11 heteroatoms. The molecule has 2 aliphatic heterocycles. The summed E-state index contributed by atoms with van der Waals surface area (Å²) in [5, 5.41) is 7.24. The molecular formula is C23H24ClFN4O4S. The van der Waals surface area contributed by atoms with Gasteiger partial charge in [-0.1, -0.05) is 19.3 Å². The third-order valence-electron chi connectivity index (χ3n) is 7.02. The van der Waals surface area contributed by atoms with Crippen molar-refractivity contribution in [1.29, 1.82) is 0 Å². The highest BCUT2D eigenvalue weighted by Gasteiger charge is 2.54. The lowest BCUT2D eigenvalue weighted by molar-refractivity contribution is -0.139. The highest BCUT2D eigenvalue weighted by molar-refractivity contribution is 7.17. The number of ketones is 1. The number of nitrogens with zero attached hydrogens (tertiary/aromatic N) is 3. The highest BCUT2D eigenvalue weighted by atomic mass is 35.5. The van der Waals surface area contributed by atoms with Crippen molar-refractivity contribution in [2.24, 2.45) is 11.7 Å². The minimum absolute atomic E-state index is 0.00371. The summed E-state index contributed by atoms with van der Waals surface area (Å²) >= 11 is 7.30. The van der Waals surface area contributed by atoms with Gasteiger partial charge in [-0.3, -0.25) is 14.4 Å². The zero-order valence-electron chi connectivity index (χ0n) is 18.3. The predicted molar refractivity (Wildman–Crippen MR) is 123 cm³/mol. The monoisotopic (exact) mass is 506 g/mol. The molecule has 0 aromatic carbocycles. The third kappa shape index (κ3) is 3.91. The molecule has 3 fully saturated rings. The summed E-state index contributed by atoms with van der Waals surface area (Å²) in [5.74, 6) is -3.27. The first-order valence-electron chi connectivity index (χ1n) is 11.4. The Morgan fingerprint density at radius 3 is 2.74 bits per heavy atom. The molecular weight excluding hydrogens is 483 g/mol. The van der Waals surface area contributed by atoms with Crippen LogP contribution in [-0.4, -0.2) is 63.4 Å². The smallest absolute Gasteiger partial charge is 0.259 e. The Kier molecular flexibility index (Phi) is 6.39. The molecule has 0 spiro atoms. The quantitative estimate of drug-likeness (QED) is 0.623. The number of aromatic nitrogens is 2. The van der Waals surface area contributed by atoms with Gasteiger partial charge < -0.3 is 15.4 Å². The van der Waals surface area contributed by atoms with E-state index >= 15 is 4.39 Å². The van der Waals surface area contributed by atoms with Gasteiger partial charge in [-0.2, -0.15) is 5.10 Å². The standard InChI is InChI=1S/C23H24ClFN4O4S/c24-12-9-29(18-14(30)10-33-19(12)18)23(32)15(11-5-2-1-3-6-11)16-17(25)20(34-21(16)22(26)31)13-7-4-8-27-28-13/h4,7-8,11-12,15,18-19H,1-3,5-6,9-10H2,(H2,26,31)/t12-,15-,18+,19+/m0/s1. The summed E-state index contributed by atoms with van der Waals surface area (Å²) < 4.78 is 21.6. The van der Waals surface area contributed by atoms with E-state index in [0.717, 1.165) is 30.6 Å². The maximum Gasteiger partial charge on any atom is 0.259 e. The van der Waals surface area contributed by atoms with Gasteiger partial charge in [0, 0.05) is 18.3 Å². The van der Waals surface area contributed by atoms with Crippen LogP contribution in [0, 0.1) is 11.7 Å². The van der Waals surface area contributed by atoms with Crippen molar-refractivity contribution in [2.75, 3.05) is 13.2 Å². The maximum atomic E-state index is 16.1. The summed E-state index contributed by atoms with van der Waals surface area (Å²) in [4.78, 5) is 40.6. The summed E-state index contributed by atoms with van der Waals surface area (Å²) in [5.41, 5.74) is 5.93. The second-order valence-corrected chi connectivity index (χ2v) is 10.6. The van der Waals surface area contributed by atoms with E-state index < -0.39 is 41.1 Å². The molecule has 4 atom stereocenters. The molecule has 3 aliphatic rings. The lowest BCUT2D eigenvalue weighted by Gasteiger charge is -2.34. The molecule has 180 valence electrons. The molecule has 1 aliphatic carbocycles.